The van der Waals surface area contributed by atoms with E-state index in [0.717, 1.165) is 6.07 Å². The number of methoxy groups -OCH3 is 2. The van der Waals surface area contributed by atoms with Crippen molar-refractivity contribution in [3.8, 4) is 12.1 Å². The Morgan fingerprint density at radius 2 is 1.87 bits per heavy atom. The summed E-state index contributed by atoms with van der Waals surface area (Å²) in [5.41, 5.74) is 2.63. The number of hydrogen-bond acceptors (Lipinski definition) is 6. The van der Waals surface area contributed by atoms with Crippen LogP contribution >= 0.6 is 0 Å². The minimum absolute atomic E-state index is 0.00850. The molecule has 3 rings (SSSR count). The maximum atomic E-state index is 14.2. The predicted molar refractivity (Wildman–Crippen MR) is 73.6 cm³/mol. The van der Waals surface area contributed by atoms with Crippen LogP contribution in [0.2, 0.25) is 0 Å². The molecule has 1 saturated carbocycles. The maximum Gasteiger partial charge on any atom is 0.292 e. The van der Waals surface area contributed by atoms with Crippen molar-refractivity contribution in [1.29, 1.82) is 10.5 Å². The Morgan fingerprint density at radius 3 is 2.35 bits per heavy atom. The average Bonchev–Trinajstić information content (AvgIpc) is 3.10. The molecule has 2 N–H and O–H groups in total. The third-order valence-corrected chi connectivity index (χ3v) is 4.75. The fourth-order valence-electron chi connectivity index (χ4n) is 3.72. The van der Waals surface area contributed by atoms with Gasteiger partial charge < -0.3 is 15.2 Å². The summed E-state index contributed by atoms with van der Waals surface area (Å²) in [4.78, 5) is 4.01. The summed E-state index contributed by atoms with van der Waals surface area (Å²) in [5.74, 6) is -4.61. The zero-order chi connectivity index (χ0) is 17.0. The van der Waals surface area contributed by atoms with Crippen molar-refractivity contribution in [2.24, 2.45) is 21.6 Å². The van der Waals surface area contributed by atoms with E-state index < -0.39 is 34.3 Å². The number of aliphatic imine (C=N–C) groups is 1. The van der Waals surface area contributed by atoms with Crippen molar-refractivity contribution in [2.45, 2.75) is 11.8 Å². The Balaban J connectivity index is 2.28. The summed E-state index contributed by atoms with van der Waals surface area (Å²) < 4.78 is 37.9. The first-order chi connectivity index (χ1) is 10.9. The molecule has 0 bridgehead atoms. The first kappa shape index (κ1) is 15.3. The lowest BCUT2D eigenvalue weighted by Gasteiger charge is -2.29. The molecular weight excluding hydrogens is 306 g/mol. The molecule has 0 spiro atoms. The van der Waals surface area contributed by atoms with Gasteiger partial charge in [0.25, 0.3) is 5.91 Å². The molecular formula is C15H12F2N4O2. The van der Waals surface area contributed by atoms with Crippen LogP contribution in [0.1, 0.15) is 11.5 Å². The highest BCUT2D eigenvalue weighted by Gasteiger charge is 2.93. The van der Waals surface area contributed by atoms with E-state index in [-0.39, 0.29) is 11.4 Å². The maximum absolute atomic E-state index is 14.2. The molecule has 3 atom stereocenters. The number of rotatable bonds is 3. The van der Waals surface area contributed by atoms with Gasteiger partial charge in [0, 0.05) is 26.2 Å². The summed E-state index contributed by atoms with van der Waals surface area (Å²) in [6.45, 7) is 0. The van der Waals surface area contributed by atoms with Crippen LogP contribution in [0.5, 0.6) is 0 Å². The molecule has 6 nitrogen and oxygen atoms in total. The van der Waals surface area contributed by atoms with E-state index in [1.165, 1.54) is 20.3 Å². The number of benzene rings is 1. The monoisotopic (exact) mass is 318 g/mol. The number of fused-ring (bicyclic) bond motifs is 1. The Kier molecular flexibility index (Phi) is 2.99. The highest BCUT2D eigenvalue weighted by molar-refractivity contribution is 6.00. The van der Waals surface area contributed by atoms with Crippen LogP contribution in [-0.4, -0.2) is 26.0 Å². The van der Waals surface area contributed by atoms with Gasteiger partial charge in [-0.05, 0) is 11.6 Å². The smallest absolute Gasteiger partial charge is 0.292 e. The first-order valence-corrected chi connectivity index (χ1v) is 6.64. The fraction of sp³-hybridized carbons (Fsp3) is 0.400. The predicted octanol–water partition coefficient (Wildman–Crippen LogP) is 1.40. The van der Waals surface area contributed by atoms with Crippen LogP contribution in [0.25, 0.3) is 0 Å². The molecule has 118 valence electrons. The van der Waals surface area contributed by atoms with Crippen molar-refractivity contribution in [3.63, 3.8) is 0 Å². The SMILES string of the molecule is COC1(OC)N=C(N)C2(C#N)C(c3ccc(F)cc3F)C12C#N. The van der Waals surface area contributed by atoms with Crippen LogP contribution in [-0.2, 0) is 9.47 Å². The Morgan fingerprint density at radius 1 is 1.22 bits per heavy atom. The molecule has 0 aromatic heterocycles. The van der Waals surface area contributed by atoms with Crippen LogP contribution in [0, 0.1) is 45.1 Å². The van der Waals surface area contributed by atoms with Crippen molar-refractivity contribution in [3.05, 3.63) is 35.4 Å². The highest BCUT2D eigenvalue weighted by atomic mass is 19.1. The van der Waals surface area contributed by atoms with E-state index in [1.807, 2.05) is 12.1 Å². The standard InChI is InChI=1S/C15H12F2N4O2/c1-22-15(23-2)14(7-19)11(13(14,6-18)12(20)21-15)9-4-3-8(16)5-10(9)17/h3-5,11H,1-2H3,(H2,20,21). The molecule has 2 aliphatic rings. The van der Waals surface area contributed by atoms with Gasteiger partial charge in [0.1, 0.15) is 22.9 Å². The lowest BCUT2D eigenvalue weighted by Crippen LogP contribution is -2.41. The number of halogens is 2. The Hall–Kier alpha value is -2.55. The van der Waals surface area contributed by atoms with Crippen LogP contribution < -0.4 is 5.73 Å². The number of ether oxygens (including phenoxy) is 2. The second kappa shape index (κ2) is 4.48. The van der Waals surface area contributed by atoms with E-state index in [4.69, 9.17) is 15.2 Å². The van der Waals surface area contributed by atoms with E-state index in [1.54, 1.807) is 0 Å². The second-order valence-corrected chi connectivity index (χ2v) is 5.43. The van der Waals surface area contributed by atoms with Crippen molar-refractivity contribution in [1.82, 2.24) is 0 Å². The van der Waals surface area contributed by atoms with Gasteiger partial charge in [-0.25, -0.2) is 13.8 Å². The zero-order valence-corrected chi connectivity index (χ0v) is 12.3. The molecule has 1 heterocycles. The molecule has 0 saturated heterocycles. The van der Waals surface area contributed by atoms with Gasteiger partial charge in [-0.2, -0.15) is 10.5 Å². The molecule has 1 aromatic rings. The Labute approximate surface area is 130 Å². The van der Waals surface area contributed by atoms with Crippen molar-refractivity contribution >= 4 is 5.84 Å². The summed E-state index contributed by atoms with van der Waals surface area (Å²) in [5, 5.41) is 19.4. The Bertz CT molecular complexity index is 809. The summed E-state index contributed by atoms with van der Waals surface area (Å²) >= 11 is 0. The molecule has 0 amide bonds. The average molecular weight is 318 g/mol. The largest absolute Gasteiger partial charge is 0.386 e. The van der Waals surface area contributed by atoms with Gasteiger partial charge in [-0.3, -0.25) is 0 Å². The third kappa shape index (κ3) is 1.38. The van der Waals surface area contributed by atoms with Gasteiger partial charge in [0.2, 0.25) is 0 Å². The van der Waals surface area contributed by atoms with Crippen LogP contribution in [0.4, 0.5) is 8.78 Å². The lowest BCUT2D eigenvalue weighted by atomic mass is 9.93. The number of amidine groups is 1. The number of nitrogens with two attached hydrogens (primary N) is 1. The molecule has 3 unspecified atom stereocenters. The fourth-order valence-corrected chi connectivity index (χ4v) is 3.72. The number of nitriles is 2. The van der Waals surface area contributed by atoms with Crippen molar-refractivity contribution < 1.29 is 18.3 Å². The van der Waals surface area contributed by atoms with Crippen LogP contribution in [0.3, 0.4) is 0 Å². The zero-order valence-electron chi connectivity index (χ0n) is 12.3. The molecule has 0 radical (unpaired) electrons. The molecule has 1 aliphatic carbocycles. The minimum atomic E-state index is -1.83. The van der Waals surface area contributed by atoms with Crippen molar-refractivity contribution in [2.75, 3.05) is 14.2 Å². The summed E-state index contributed by atoms with van der Waals surface area (Å²) in [6, 6.07) is 6.89. The van der Waals surface area contributed by atoms with Gasteiger partial charge in [0.05, 0.1) is 12.1 Å². The molecule has 8 heteroatoms. The van der Waals surface area contributed by atoms with Gasteiger partial charge in [-0.15, -0.1) is 0 Å². The molecule has 1 fully saturated rings. The molecule has 1 aliphatic heterocycles. The topological polar surface area (TPSA) is 104 Å². The van der Waals surface area contributed by atoms with E-state index in [0.29, 0.717) is 6.07 Å². The van der Waals surface area contributed by atoms with Gasteiger partial charge >= 0.3 is 0 Å². The highest BCUT2D eigenvalue weighted by Crippen LogP contribution is 2.81. The van der Waals surface area contributed by atoms with Crippen LogP contribution in [0.15, 0.2) is 23.2 Å². The quantitative estimate of drug-likeness (QED) is 0.848. The van der Waals surface area contributed by atoms with E-state index >= 15 is 0 Å². The molecule has 23 heavy (non-hydrogen) atoms. The summed E-state index contributed by atoms with van der Waals surface area (Å²) in [6.07, 6.45) is 0. The van der Waals surface area contributed by atoms with E-state index in [9.17, 15) is 19.3 Å². The molecule has 1 aromatic carbocycles. The van der Waals surface area contributed by atoms with Gasteiger partial charge in [0.15, 0.2) is 5.41 Å². The first-order valence-electron chi connectivity index (χ1n) is 6.64. The van der Waals surface area contributed by atoms with Gasteiger partial charge in [-0.1, -0.05) is 6.07 Å². The second-order valence-electron chi connectivity index (χ2n) is 5.43. The number of hydrogen-bond donors (Lipinski definition) is 1. The minimum Gasteiger partial charge on any atom is -0.386 e. The lowest BCUT2D eigenvalue weighted by molar-refractivity contribution is -0.230. The van der Waals surface area contributed by atoms with E-state index in [2.05, 4.69) is 4.99 Å². The third-order valence-electron chi connectivity index (χ3n) is 4.75. The normalized spacial score (nSPS) is 33.3. The number of nitrogens with zero attached hydrogens (tertiary/aromatic N) is 3. The summed E-state index contributed by atoms with van der Waals surface area (Å²) in [7, 11) is 2.51.